The Balaban J connectivity index is 2.19. The molecule has 0 bridgehead atoms. The van der Waals surface area contributed by atoms with Gasteiger partial charge in [-0.2, -0.15) is 9.40 Å². The van der Waals surface area contributed by atoms with Gasteiger partial charge in [-0.15, -0.1) is 11.3 Å². The van der Waals surface area contributed by atoms with Crippen LogP contribution in [0, 0.1) is 0 Å². The second-order valence-electron chi connectivity index (χ2n) is 5.19. The number of aromatic nitrogens is 2. The van der Waals surface area contributed by atoms with Crippen LogP contribution in [-0.4, -0.2) is 35.6 Å². The molecule has 0 fully saturated rings. The first-order chi connectivity index (χ1) is 11.6. The zero-order valence-corrected chi connectivity index (χ0v) is 15.2. The fourth-order valence-corrected chi connectivity index (χ4v) is 4.92. The predicted molar refractivity (Wildman–Crippen MR) is 97.0 cm³/mol. The van der Waals surface area contributed by atoms with Crippen LogP contribution in [-0.2, 0) is 10.0 Å². The van der Waals surface area contributed by atoms with Gasteiger partial charge in [-0.3, -0.25) is 0 Å². The molecule has 0 saturated carbocycles. The summed E-state index contributed by atoms with van der Waals surface area (Å²) in [6, 6.07) is 13.3. The summed E-state index contributed by atoms with van der Waals surface area (Å²) in [4.78, 5) is 1.09. The molecule has 0 radical (unpaired) electrons. The Morgan fingerprint density at radius 2 is 1.79 bits per heavy atom. The Morgan fingerprint density at radius 1 is 1.08 bits per heavy atom. The average Bonchev–Trinajstić information content (AvgIpc) is 3.26. The zero-order chi connectivity index (χ0) is 17.2. The smallest absolute Gasteiger partial charge is 0.239 e. The van der Waals surface area contributed by atoms with E-state index in [9.17, 15) is 8.42 Å². The fraction of sp³-hybridized carbons (Fsp3) is 0.235. The van der Waals surface area contributed by atoms with Crippen LogP contribution in [0.25, 0.3) is 16.3 Å². The quantitative estimate of drug-likeness (QED) is 0.674. The number of hydrogen-bond donors (Lipinski definition) is 0. The molecule has 2 aromatic heterocycles. The van der Waals surface area contributed by atoms with E-state index in [4.69, 9.17) is 0 Å². The third kappa shape index (κ3) is 3.02. The van der Waals surface area contributed by atoms with E-state index in [0.717, 1.165) is 10.6 Å². The molecule has 24 heavy (non-hydrogen) atoms. The van der Waals surface area contributed by atoms with Gasteiger partial charge in [0.25, 0.3) is 0 Å². The first kappa shape index (κ1) is 16.9. The predicted octanol–water partition coefficient (Wildman–Crippen LogP) is 3.63. The molecule has 0 unspecified atom stereocenters. The molecule has 0 atom stereocenters. The monoisotopic (exact) mass is 361 g/mol. The maximum absolute atomic E-state index is 13.0. The number of para-hydroxylation sites is 1. The summed E-state index contributed by atoms with van der Waals surface area (Å²) in [5.41, 5.74) is 1.33. The molecule has 0 saturated heterocycles. The van der Waals surface area contributed by atoms with Crippen molar-refractivity contribution in [1.29, 1.82) is 0 Å². The van der Waals surface area contributed by atoms with E-state index in [2.05, 4.69) is 5.10 Å². The minimum absolute atomic E-state index is 0.248. The minimum atomic E-state index is -3.59. The normalized spacial score (nSPS) is 12.0. The van der Waals surface area contributed by atoms with Crippen molar-refractivity contribution in [3.8, 4) is 16.3 Å². The van der Waals surface area contributed by atoms with Gasteiger partial charge in [0.2, 0.25) is 10.0 Å². The molecule has 0 N–H and O–H groups in total. The highest BCUT2D eigenvalue weighted by atomic mass is 32.2. The molecule has 7 heteroatoms. The van der Waals surface area contributed by atoms with E-state index in [1.165, 1.54) is 15.6 Å². The maximum atomic E-state index is 13.0. The standard InChI is InChI=1S/C17H19N3O2S2/c1-3-19(4-2)24(21,22)16-13-20(14-9-6-5-7-10-14)18-17(16)15-11-8-12-23-15/h5-13H,3-4H2,1-2H3. The lowest BCUT2D eigenvalue weighted by atomic mass is 10.3. The van der Waals surface area contributed by atoms with Gasteiger partial charge in [-0.05, 0) is 23.6 Å². The van der Waals surface area contributed by atoms with E-state index in [0.29, 0.717) is 18.8 Å². The Hall–Kier alpha value is -1.96. The summed E-state index contributed by atoms with van der Waals surface area (Å²) in [5.74, 6) is 0. The van der Waals surface area contributed by atoms with Crippen LogP contribution in [0.5, 0.6) is 0 Å². The fourth-order valence-electron chi connectivity index (χ4n) is 2.55. The topological polar surface area (TPSA) is 55.2 Å². The molecule has 0 aliphatic carbocycles. The van der Waals surface area contributed by atoms with Crippen molar-refractivity contribution in [3.63, 3.8) is 0 Å². The number of benzene rings is 1. The summed E-state index contributed by atoms with van der Waals surface area (Å²) >= 11 is 1.48. The van der Waals surface area contributed by atoms with E-state index in [1.54, 1.807) is 10.9 Å². The molecule has 5 nitrogen and oxygen atoms in total. The maximum Gasteiger partial charge on any atom is 0.246 e. The number of nitrogens with zero attached hydrogens (tertiary/aromatic N) is 3. The number of hydrogen-bond acceptors (Lipinski definition) is 4. The molecule has 1 aromatic carbocycles. The summed E-state index contributed by atoms with van der Waals surface area (Å²) in [6.45, 7) is 4.54. The molecule has 126 valence electrons. The van der Waals surface area contributed by atoms with Crippen LogP contribution in [0.3, 0.4) is 0 Å². The number of thiophene rings is 1. The van der Waals surface area contributed by atoms with Crippen molar-refractivity contribution in [1.82, 2.24) is 14.1 Å². The van der Waals surface area contributed by atoms with Gasteiger partial charge in [-0.1, -0.05) is 38.1 Å². The van der Waals surface area contributed by atoms with Gasteiger partial charge in [0, 0.05) is 13.1 Å². The third-order valence-corrected chi connectivity index (χ3v) is 6.71. The largest absolute Gasteiger partial charge is 0.246 e. The van der Waals surface area contributed by atoms with Crippen LogP contribution in [0.1, 0.15) is 13.8 Å². The molecular weight excluding hydrogens is 342 g/mol. The van der Waals surface area contributed by atoms with Crippen molar-refractivity contribution >= 4 is 21.4 Å². The second-order valence-corrected chi connectivity index (χ2v) is 8.04. The van der Waals surface area contributed by atoms with Gasteiger partial charge in [-0.25, -0.2) is 13.1 Å². The summed E-state index contributed by atoms with van der Waals surface area (Å²) < 4.78 is 29.1. The summed E-state index contributed by atoms with van der Waals surface area (Å²) in [6.07, 6.45) is 1.61. The zero-order valence-electron chi connectivity index (χ0n) is 13.6. The highest BCUT2D eigenvalue weighted by Crippen LogP contribution is 2.32. The van der Waals surface area contributed by atoms with E-state index in [-0.39, 0.29) is 4.90 Å². The van der Waals surface area contributed by atoms with E-state index < -0.39 is 10.0 Å². The lowest BCUT2D eigenvalue weighted by Gasteiger charge is -2.17. The summed E-state index contributed by atoms with van der Waals surface area (Å²) in [5, 5.41) is 6.48. The Morgan fingerprint density at radius 3 is 2.38 bits per heavy atom. The Bertz CT molecular complexity index is 897. The molecule has 0 spiro atoms. The van der Waals surface area contributed by atoms with Crippen molar-refractivity contribution in [2.75, 3.05) is 13.1 Å². The van der Waals surface area contributed by atoms with Gasteiger partial charge >= 0.3 is 0 Å². The first-order valence-electron chi connectivity index (χ1n) is 7.77. The van der Waals surface area contributed by atoms with E-state index >= 15 is 0 Å². The molecule has 2 heterocycles. The van der Waals surface area contributed by atoms with Crippen molar-refractivity contribution < 1.29 is 8.42 Å². The van der Waals surface area contributed by atoms with Gasteiger partial charge in [0.15, 0.2) is 0 Å². The molecule has 0 aliphatic rings. The van der Waals surface area contributed by atoms with Crippen LogP contribution in [0.2, 0.25) is 0 Å². The van der Waals surface area contributed by atoms with Gasteiger partial charge in [0.05, 0.1) is 16.8 Å². The average molecular weight is 361 g/mol. The lowest BCUT2D eigenvalue weighted by Crippen LogP contribution is -2.30. The van der Waals surface area contributed by atoms with E-state index in [1.807, 2.05) is 61.7 Å². The highest BCUT2D eigenvalue weighted by Gasteiger charge is 2.29. The number of rotatable bonds is 6. The van der Waals surface area contributed by atoms with Crippen LogP contribution in [0.15, 0.2) is 58.9 Å². The SMILES string of the molecule is CCN(CC)S(=O)(=O)c1cn(-c2ccccc2)nc1-c1cccs1. The Kier molecular flexibility index (Phi) is 4.84. The van der Waals surface area contributed by atoms with Crippen molar-refractivity contribution in [2.45, 2.75) is 18.7 Å². The van der Waals surface area contributed by atoms with Gasteiger partial charge in [0.1, 0.15) is 10.6 Å². The molecular formula is C17H19N3O2S2. The molecule has 0 aliphatic heterocycles. The minimum Gasteiger partial charge on any atom is -0.239 e. The third-order valence-electron chi connectivity index (χ3n) is 3.78. The van der Waals surface area contributed by atoms with Crippen LogP contribution < -0.4 is 0 Å². The summed E-state index contributed by atoms with van der Waals surface area (Å²) in [7, 11) is -3.59. The molecule has 3 aromatic rings. The van der Waals surface area contributed by atoms with Crippen molar-refractivity contribution in [2.24, 2.45) is 0 Å². The lowest BCUT2D eigenvalue weighted by molar-refractivity contribution is 0.445. The number of sulfonamides is 1. The molecule has 0 amide bonds. The highest BCUT2D eigenvalue weighted by molar-refractivity contribution is 7.89. The van der Waals surface area contributed by atoms with Gasteiger partial charge < -0.3 is 0 Å². The van der Waals surface area contributed by atoms with Crippen molar-refractivity contribution in [3.05, 3.63) is 54.0 Å². The van der Waals surface area contributed by atoms with Crippen LogP contribution >= 0.6 is 11.3 Å². The Labute approximate surface area is 146 Å². The van der Waals surface area contributed by atoms with Crippen LogP contribution in [0.4, 0.5) is 0 Å². The second kappa shape index (κ2) is 6.88. The molecule has 3 rings (SSSR count). The first-order valence-corrected chi connectivity index (χ1v) is 10.1.